The molecule has 1 aliphatic heterocycles. The van der Waals surface area contributed by atoms with Crippen molar-refractivity contribution in [2.45, 2.75) is 18.9 Å². The minimum atomic E-state index is -4.72. The maximum atomic E-state index is 14.4. The van der Waals surface area contributed by atoms with Gasteiger partial charge >= 0.3 is 6.18 Å². The lowest BCUT2D eigenvalue weighted by molar-refractivity contribution is -0.137. The van der Waals surface area contributed by atoms with E-state index in [-0.39, 0.29) is 12.2 Å². The van der Waals surface area contributed by atoms with Crippen LogP contribution in [0.1, 0.15) is 22.9 Å². The van der Waals surface area contributed by atoms with Gasteiger partial charge in [-0.2, -0.15) is 13.2 Å². The van der Waals surface area contributed by atoms with Gasteiger partial charge in [-0.25, -0.2) is 4.39 Å². The molecular formula is C19H16ClF4NO4. The second kappa shape index (κ2) is 8.08. The Labute approximate surface area is 168 Å². The molecular weight excluding hydrogens is 418 g/mol. The van der Waals surface area contributed by atoms with E-state index in [1.807, 2.05) is 0 Å². The number of hydrogen-bond donors (Lipinski definition) is 0. The topological polar surface area (TPSA) is 48.0 Å². The van der Waals surface area contributed by atoms with E-state index >= 15 is 0 Å². The lowest BCUT2D eigenvalue weighted by Crippen LogP contribution is -2.29. The van der Waals surface area contributed by atoms with E-state index in [4.69, 9.17) is 25.8 Å². The van der Waals surface area contributed by atoms with Crippen molar-refractivity contribution in [3.05, 3.63) is 57.9 Å². The molecule has 2 aromatic carbocycles. The van der Waals surface area contributed by atoms with Gasteiger partial charge in [-0.15, -0.1) is 0 Å². The van der Waals surface area contributed by atoms with Crippen LogP contribution >= 0.6 is 11.6 Å². The molecule has 10 heteroatoms. The molecule has 1 heterocycles. The molecule has 0 bridgehead atoms. The van der Waals surface area contributed by atoms with Crippen molar-refractivity contribution < 1.29 is 36.6 Å². The lowest BCUT2D eigenvalue weighted by Gasteiger charge is -2.26. The van der Waals surface area contributed by atoms with E-state index in [0.717, 1.165) is 4.90 Å². The van der Waals surface area contributed by atoms with Gasteiger partial charge < -0.3 is 19.1 Å². The van der Waals surface area contributed by atoms with E-state index in [1.165, 1.54) is 14.2 Å². The number of hydrogen-bond acceptors (Lipinski definition) is 4. The maximum absolute atomic E-state index is 14.4. The number of carbonyl (C=O) groups excluding carboxylic acids is 1. The van der Waals surface area contributed by atoms with Gasteiger partial charge in [0.1, 0.15) is 23.9 Å². The summed E-state index contributed by atoms with van der Waals surface area (Å²) < 4.78 is 69.8. The van der Waals surface area contributed by atoms with E-state index in [1.54, 1.807) is 18.2 Å². The largest absolute Gasteiger partial charge is 0.496 e. The van der Waals surface area contributed by atoms with Gasteiger partial charge in [0.2, 0.25) is 0 Å². The summed E-state index contributed by atoms with van der Waals surface area (Å²) in [7, 11) is 2.82. The third kappa shape index (κ3) is 4.11. The smallest absolute Gasteiger partial charge is 0.416 e. The number of rotatable bonds is 5. The summed E-state index contributed by atoms with van der Waals surface area (Å²) in [6.07, 6.45) is -5.76. The van der Waals surface area contributed by atoms with Gasteiger partial charge in [0.05, 0.1) is 36.9 Å². The Morgan fingerprint density at radius 2 is 1.83 bits per heavy atom. The van der Waals surface area contributed by atoms with Crippen molar-refractivity contribution in [1.29, 1.82) is 0 Å². The van der Waals surface area contributed by atoms with Gasteiger partial charge in [-0.3, -0.25) is 4.79 Å². The van der Waals surface area contributed by atoms with Crippen molar-refractivity contribution in [3.63, 3.8) is 0 Å². The van der Waals surface area contributed by atoms with Crippen molar-refractivity contribution >= 4 is 17.5 Å². The Balaban J connectivity index is 2.04. The fourth-order valence-corrected chi connectivity index (χ4v) is 3.33. The summed E-state index contributed by atoms with van der Waals surface area (Å²) in [4.78, 5) is 13.5. The van der Waals surface area contributed by atoms with Crippen molar-refractivity contribution in [2.75, 3.05) is 20.8 Å². The number of alkyl halides is 3. The summed E-state index contributed by atoms with van der Waals surface area (Å²) in [6, 6.07) is 6.02. The number of halogens is 5. The van der Waals surface area contributed by atoms with E-state index in [2.05, 4.69) is 0 Å². The zero-order chi connectivity index (χ0) is 21.3. The molecule has 0 saturated carbocycles. The zero-order valence-electron chi connectivity index (χ0n) is 15.3. The van der Waals surface area contributed by atoms with Gasteiger partial charge in [-0.05, 0) is 24.3 Å². The first kappa shape index (κ1) is 21.2. The molecule has 1 saturated heterocycles. The molecule has 0 N–H and O–H groups in total. The minimum absolute atomic E-state index is 0.333. The molecule has 0 spiro atoms. The highest BCUT2D eigenvalue weighted by Gasteiger charge is 2.38. The molecule has 5 nitrogen and oxygen atoms in total. The predicted molar refractivity (Wildman–Crippen MR) is 95.2 cm³/mol. The van der Waals surface area contributed by atoms with E-state index in [0.29, 0.717) is 29.2 Å². The van der Waals surface area contributed by atoms with Crippen LogP contribution < -0.4 is 9.47 Å². The second-order valence-electron chi connectivity index (χ2n) is 6.19. The van der Waals surface area contributed by atoms with Crippen molar-refractivity contribution in [1.82, 2.24) is 4.90 Å². The van der Waals surface area contributed by atoms with Gasteiger partial charge in [0.25, 0.3) is 5.91 Å². The number of nitrogens with zero attached hydrogens (tertiary/aromatic N) is 1. The molecule has 0 aliphatic carbocycles. The van der Waals surface area contributed by atoms with E-state index < -0.39 is 41.3 Å². The summed E-state index contributed by atoms with van der Waals surface area (Å²) in [6.45, 7) is -0.819. The molecule has 0 radical (unpaired) electrons. The molecule has 1 aliphatic rings. The Morgan fingerprint density at radius 3 is 2.38 bits per heavy atom. The Kier molecular flexibility index (Phi) is 5.90. The second-order valence-corrected chi connectivity index (χ2v) is 6.60. The van der Waals surface area contributed by atoms with Crippen LogP contribution in [0.4, 0.5) is 17.6 Å². The molecule has 1 unspecified atom stereocenters. The fraction of sp³-hybridized carbons (Fsp3) is 0.316. The molecule has 2 aromatic rings. The van der Waals surface area contributed by atoms with Crippen LogP contribution in [0.25, 0.3) is 0 Å². The quantitative estimate of drug-likeness (QED) is 0.648. The number of amides is 1. The van der Waals surface area contributed by atoms with Crippen LogP contribution in [-0.4, -0.2) is 31.6 Å². The first-order chi connectivity index (χ1) is 13.7. The minimum Gasteiger partial charge on any atom is -0.496 e. The molecule has 0 aromatic heterocycles. The highest BCUT2D eigenvalue weighted by molar-refractivity contribution is 6.30. The average Bonchev–Trinajstić information content (AvgIpc) is 3.03. The Morgan fingerprint density at radius 1 is 1.21 bits per heavy atom. The van der Waals surface area contributed by atoms with Crippen LogP contribution in [0.5, 0.6) is 11.5 Å². The van der Waals surface area contributed by atoms with Crippen LogP contribution in [-0.2, 0) is 22.3 Å². The number of carbonyl (C=O) groups is 1. The zero-order valence-corrected chi connectivity index (χ0v) is 16.1. The SMILES string of the molecule is COc1cccc(OC)c1C1OCC(=O)N1Cc1cc(C(F)(F)F)cc(Cl)c1F. The molecule has 156 valence electrons. The summed E-state index contributed by atoms with van der Waals surface area (Å²) in [5.41, 5.74) is -1.14. The average molecular weight is 434 g/mol. The van der Waals surface area contributed by atoms with Crippen molar-refractivity contribution in [2.24, 2.45) is 0 Å². The van der Waals surface area contributed by atoms with Gasteiger partial charge in [0, 0.05) is 5.56 Å². The predicted octanol–water partition coefficient (Wildman–Crippen LogP) is 4.57. The summed E-state index contributed by atoms with van der Waals surface area (Å²) in [5.74, 6) is -0.880. The Hall–Kier alpha value is -2.52. The maximum Gasteiger partial charge on any atom is 0.416 e. The fourth-order valence-electron chi connectivity index (χ4n) is 3.10. The first-order valence-corrected chi connectivity index (χ1v) is 8.72. The lowest BCUT2D eigenvalue weighted by atomic mass is 10.1. The number of benzene rings is 2. The molecule has 3 rings (SSSR count). The highest BCUT2D eigenvalue weighted by atomic mass is 35.5. The number of ether oxygens (including phenoxy) is 3. The first-order valence-electron chi connectivity index (χ1n) is 8.34. The molecule has 1 fully saturated rings. The third-order valence-electron chi connectivity index (χ3n) is 4.45. The molecule has 1 atom stereocenters. The molecule has 1 amide bonds. The third-order valence-corrected chi connectivity index (χ3v) is 4.73. The van der Waals surface area contributed by atoms with Gasteiger partial charge in [-0.1, -0.05) is 17.7 Å². The van der Waals surface area contributed by atoms with Crippen LogP contribution in [0.2, 0.25) is 5.02 Å². The van der Waals surface area contributed by atoms with Gasteiger partial charge in [0.15, 0.2) is 6.23 Å². The standard InChI is InChI=1S/C19H16ClF4NO4/c1-27-13-4-3-5-14(28-2)16(13)18-25(15(26)9-29-18)8-10-6-11(19(22,23)24)7-12(20)17(10)21/h3-7,18H,8-9H2,1-2H3. The van der Waals surface area contributed by atoms with Crippen LogP contribution in [0, 0.1) is 5.82 Å². The summed E-state index contributed by atoms with van der Waals surface area (Å²) >= 11 is 5.65. The number of methoxy groups -OCH3 is 2. The normalized spacial score (nSPS) is 17.0. The molecule has 29 heavy (non-hydrogen) atoms. The van der Waals surface area contributed by atoms with Crippen LogP contribution in [0.15, 0.2) is 30.3 Å². The highest BCUT2D eigenvalue weighted by Crippen LogP contribution is 2.41. The van der Waals surface area contributed by atoms with E-state index in [9.17, 15) is 22.4 Å². The van der Waals surface area contributed by atoms with Crippen LogP contribution in [0.3, 0.4) is 0 Å². The summed E-state index contributed by atoms with van der Waals surface area (Å²) in [5, 5.41) is -0.686. The van der Waals surface area contributed by atoms with Crippen molar-refractivity contribution in [3.8, 4) is 11.5 Å². The Bertz CT molecular complexity index is 913. The monoisotopic (exact) mass is 433 g/mol.